The summed E-state index contributed by atoms with van der Waals surface area (Å²) in [5.41, 5.74) is 8.92. The van der Waals surface area contributed by atoms with E-state index in [1.165, 1.54) is 16.9 Å². The lowest BCUT2D eigenvalue weighted by atomic mass is 9.93. The van der Waals surface area contributed by atoms with Crippen LogP contribution < -0.4 is 25.1 Å². The van der Waals surface area contributed by atoms with Gasteiger partial charge in [-0.2, -0.15) is 0 Å². The molecule has 1 amide bonds. The number of para-hydroxylation sites is 1. The second kappa shape index (κ2) is 12.4. The van der Waals surface area contributed by atoms with Gasteiger partial charge in [0.2, 0.25) is 0 Å². The molecule has 0 spiro atoms. The molecule has 7 nitrogen and oxygen atoms in total. The molecule has 234 valence electrons. The van der Waals surface area contributed by atoms with Crippen LogP contribution in [-0.4, -0.2) is 29.1 Å². The first-order chi connectivity index (χ1) is 22.0. The molecule has 0 saturated carbocycles. The number of nitrogens with one attached hydrogen (secondary N) is 1. The molecule has 0 radical (unpaired) electrons. The van der Waals surface area contributed by atoms with Crippen LogP contribution in [0.2, 0.25) is 0 Å². The summed E-state index contributed by atoms with van der Waals surface area (Å²) in [6, 6.07) is 27.5. The number of thiazole rings is 1. The molecule has 3 aromatic carbocycles. The highest BCUT2D eigenvalue weighted by atomic mass is 32.1. The summed E-state index contributed by atoms with van der Waals surface area (Å²) < 4.78 is 4.47. The van der Waals surface area contributed by atoms with E-state index in [4.69, 9.17) is 4.99 Å². The van der Waals surface area contributed by atoms with Crippen LogP contribution in [0.4, 0.5) is 11.4 Å². The summed E-state index contributed by atoms with van der Waals surface area (Å²) in [6.07, 6.45) is 1.96. The van der Waals surface area contributed by atoms with Gasteiger partial charge in [-0.15, -0.1) is 0 Å². The van der Waals surface area contributed by atoms with E-state index in [-0.39, 0.29) is 11.5 Å². The van der Waals surface area contributed by atoms with Crippen LogP contribution in [0, 0.1) is 13.8 Å². The fraction of sp³-hybridized carbons (Fsp3) is 0.237. The molecule has 1 atom stereocenters. The summed E-state index contributed by atoms with van der Waals surface area (Å²) in [5.74, 6) is 0.0857. The van der Waals surface area contributed by atoms with E-state index in [2.05, 4.69) is 84.9 Å². The SMILES string of the molecule is CC1=C(C(=O)Nc2ccccc2)[C@@H](c2ccc(C(C)C)cc2)n2c(s/c(=C/c3cc(C)n(-c4ccc(N(C)C)cc4)c3C)c2=O)=N1. The van der Waals surface area contributed by atoms with Crippen LogP contribution in [0.1, 0.15) is 60.8 Å². The van der Waals surface area contributed by atoms with Crippen molar-refractivity contribution in [2.45, 2.75) is 46.6 Å². The van der Waals surface area contributed by atoms with Crippen molar-refractivity contribution in [1.29, 1.82) is 0 Å². The van der Waals surface area contributed by atoms with Crippen LogP contribution in [0.15, 0.2) is 106 Å². The number of hydrogen-bond donors (Lipinski definition) is 1. The number of nitrogens with zero attached hydrogens (tertiary/aromatic N) is 4. The number of allylic oxidation sites excluding steroid dienone is 1. The monoisotopic (exact) mass is 629 g/mol. The fourth-order valence-corrected chi connectivity index (χ4v) is 7.12. The molecule has 0 unspecified atom stereocenters. The predicted octanol–water partition coefficient (Wildman–Crippen LogP) is 6.47. The molecular formula is C38H39N5O2S. The number of anilines is 2. The number of carbonyl (C=O) groups excluding carboxylic acids is 1. The Morgan fingerprint density at radius 2 is 1.63 bits per heavy atom. The van der Waals surface area contributed by atoms with Crippen molar-refractivity contribution in [2.75, 3.05) is 24.3 Å². The number of hydrogen-bond acceptors (Lipinski definition) is 5. The predicted molar refractivity (Wildman–Crippen MR) is 189 cm³/mol. The lowest BCUT2D eigenvalue weighted by Crippen LogP contribution is -2.40. The van der Waals surface area contributed by atoms with Crippen LogP contribution in [0.3, 0.4) is 0 Å². The summed E-state index contributed by atoms with van der Waals surface area (Å²) in [4.78, 5) is 35.7. The van der Waals surface area contributed by atoms with Gasteiger partial charge in [0, 0.05) is 42.5 Å². The highest BCUT2D eigenvalue weighted by molar-refractivity contribution is 7.07. The zero-order valence-electron chi connectivity index (χ0n) is 27.3. The Balaban J connectivity index is 1.47. The minimum Gasteiger partial charge on any atom is -0.378 e. The second-order valence-electron chi connectivity index (χ2n) is 12.3. The van der Waals surface area contributed by atoms with E-state index in [1.807, 2.05) is 69.6 Å². The third-order valence-electron chi connectivity index (χ3n) is 8.60. The van der Waals surface area contributed by atoms with Crippen molar-refractivity contribution >= 4 is 34.7 Å². The first-order valence-corrected chi connectivity index (χ1v) is 16.3. The van der Waals surface area contributed by atoms with Crippen LogP contribution in [0.25, 0.3) is 11.8 Å². The number of aryl methyl sites for hydroxylation is 1. The van der Waals surface area contributed by atoms with Crippen molar-refractivity contribution in [3.63, 3.8) is 0 Å². The Morgan fingerprint density at radius 1 is 0.957 bits per heavy atom. The molecule has 2 aromatic heterocycles. The second-order valence-corrected chi connectivity index (χ2v) is 13.3. The summed E-state index contributed by atoms with van der Waals surface area (Å²) in [6.45, 7) is 10.3. The number of rotatable bonds is 7. The number of fused-ring (bicyclic) bond motifs is 1. The van der Waals surface area contributed by atoms with Gasteiger partial charge in [0.05, 0.1) is 21.8 Å². The Hall–Kier alpha value is -4.95. The highest BCUT2D eigenvalue weighted by Crippen LogP contribution is 2.32. The van der Waals surface area contributed by atoms with Gasteiger partial charge in [0.25, 0.3) is 11.5 Å². The van der Waals surface area contributed by atoms with Gasteiger partial charge in [-0.3, -0.25) is 14.2 Å². The number of amides is 1. The molecule has 46 heavy (non-hydrogen) atoms. The van der Waals surface area contributed by atoms with Gasteiger partial charge in [-0.25, -0.2) is 4.99 Å². The topological polar surface area (TPSA) is 71.6 Å². The van der Waals surface area contributed by atoms with Gasteiger partial charge in [0.1, 0.15) is 0 Å². The maximum Gasteiger partial charge on any atom is 0.271 e. The third kappa shape index (κ3) is 5.76. The Bertz CT molecular complexity index is 2130. The van der Waals surface area contributed by atoms with E-state index in [0.29, 0.717) is 32.2 Å². The van der Waals surface area contributed by atoms with E-state index < -0.39 is 6.04 Å². The smallest absolute Gasteiger partial charge is 0.271 e. The minimum absolute atomic E-state index is 0.167. The van der Waals surface area contributed by atoms with Gasteiger partial charge >= 0.3 is 0 Å². The normalized spacial score (nSPS) is 14.8. The summed E-state index contributed by atoms with van der Waals surface area (Å²) in [7, 11) is 4.06. The Morgan fingerprint density at radius 3 is 2.26 bits per heavy atom. The molecule has 0 fully saturated rings. The average molecular weight is 630 g/mol. The average Bonchev–Trinajstić information content (AvgIpc) is 3.49. The summed E-state index contributed by atoms with van der Waals surface area (Å²) >= 11 is 1.36. The van der Waals surface area contributed by atoms with Crippen LogP contribution in [-0.2, 0) is 4.79 Å². The Kier molecular flexibility index (Phi) is 8.40. The molecule has 1 N–H and O–H groups in total. The van der Waals surface area contributed by atoms with E-state index in [1.54, 1.807) is 4.57 Å². The first kappa shape index (κ1) is 31.0. The maximum atomic E-state index is 14.3. The number of carbonyl (C=O) groups is 1. The molecule has 3 heterocycles. The van der Waals surface area contributed by atoms with Gasteiger partial charge in [-0.1, -0.05) is 67.6 Å². The largest absolute Gasteiger partial charge is 0.378 e. The van der Waals surface area contributed by atoms with E-state index >= 15 is 0 Å². The minimum atomic E-state index is -0.619. The quantitative estimate of drug-likeness (QED) is 0.224. The molecule has 0 aliphatic carbocycles. The van der Waals surface area contributed by atoms with Crippen LogP contribution >= 0.6 is 11.3 Å². The zero-order valence-corrected chi connectivity index (χ0v) is 28.1. The first-order valence-electron chi connectivity index (χ1n) is 15.5. The van der Waals surface area contributed by atoms with E-state index in [9.17, 15) is 9.59 Å². The van der Waals surface area contributed by atoms with Crippen molar-refractivity contribution in [1.82, 2.24) is 9.13 Å². The van der Waals surface area contributed by atoms with Gasteiger partial charge in [0.15, 0.2) is 4.80 Å². The Labute approximate surface area is 273 Å². The third-order valence-corrected chi connectivity index (χ3v) is 9.58. The molecule has 6 rings (SSSR count). The lowest BCUT2D eigenvalue weighted by molar-refractivity contribution is -0.113. The van der Waals surface area contributed by atoms with Crippen molar-refractivity contribution in [2.24, 2.45) is 4.99 Å². The van der Waals surface area contributed by atoms with Gasteiger partial charge in [-0.05, 0) is 91.9 Å². The summed E-state index contributed by atoms with van der Waals surface area (Å²) in [5, 5.41) is 3.03. The standard InChI is InChI=1S/C38H39N5O2S/c1-23(2)27-13-15-28(16-14-27)35-34(36(44)40-30-11-9-8-10-12-30)25(4)39-38-43(35)37(45)33(46-38)22-29-21-24(3)42(26(29)5)32-19-17-31(18-20-32)41(6)7/h8-23,35H,1-7H3,(H,40,44)/b33-22+/t35-/m1/s1. The molecule has 1 aliphatic heterocycles. The highest BCUT2D eigenvalue weighted by Gasteiger charge is 2.32. The molecule has 1 aliphatic rings. The maximum absolute atomic E-state index is 14.3. The molecule has 5 aromatic rings. The van der Waals surface area contributed by atoms with Crippen molar-refractivity contribution in [3.8, 4) is 5.69 Å². The lowest BCUT2D eigenvalue weighted by Gasteiger charge is -2.25. The molecular weight excluding hydrogens is 591 g/mol. The number of aromatic nitrogens is 2. The van der Waals surface area contributed by atoms with Crippen molar-refractivity contribution < 1.29 is 4.79 Å². The molecule has 0 bridgehead atoms. The van der Waals surface area contributed by atoms with E-state index in [0.717, 1.165) is 33.9 Å². The fourth-order valence-electron chi connectivity index (χ4n) is 6.08. The number of benzene rings is 3. The van der Waals surface area contributed by atoms with Gasteiger partial charge < -0.3 is 14.8 Å². The molecule has 0 saturated heterocycles. The van der Waals surface area contributed by atoms with Crippen molar-refractivity contribution in [3.05, 3.63) is 144 Å². The van der Waals surface area contributed by atoms with Crippen LogP contribution in [0.5, 0.6) is 0 Å². The zero-order chi connectivity index (χ0) is 32.7. The molecule has 8 heteroatoms.